The van der Waals surface area contributed by atoms with Crippen LogP contribution >= 0.6 is 0 Å². The number of carbonyl (C=O) groups is 2. The summed E-state index contributed by atoms with van der Waals surface area (Å²) in [7, 11) is -0.702. The van der Waals surface area contributed by atoms with Gasteiger partial charge in [0.2, 0.25) is 16.1 Å². The maximum Gasteiger partial charge on any atom is 0.303 e. The van der Waals surface area contributed by atoms with Crippen LogP contribution in [0.4, 0.5) is 5.69 Å². The number of nitrogens with one attached hydrogen (secondary N) is 1. The first-order valence-corrected chi connectivity index (χ1v) is 12.7. The van der Waals surface area contributed by atoms with E-state index in [-0.39, 0.29) is 24.0 Å². The third-order valence-electron chi connectivity index (χ3n) is 5.60. The van der Waals surface area contributed by atoms with E-state index in [0.29, 0.717) is 43.2 Å². The molecule has 35 heavy (non-hydrogen) atoms. The number of rotatable bonds is 10. The number of esters is 1. The highest BCUT2D eigenvalue weighted by atomic mass is 32.2. The monoisotopic (exact) mass is 505 g/mol. The first-order chi connectivity index (χ1) is 16.8. The van der Waals surface area contributed by atoms with Crippen LogP contribution in [-0.2, 0) is 29.1 Å². The fourth-order valence-electron chi connectivity index (χ4n) is 3.83. The quantitative estimate of drug-likeness (QED) is 0.382. The Kier molecular flexibility index (Phi) is 9.07. The molecule has 0 saturated carbocycles. The predicted octanol–water partition coefficient (Wildman–Crippen LogP) is 1.57. The summed E-state index contributed by atoms with van der Waals surface area (Å²) in [6, 6.07) is 13.6. The summed E-state index contributed by atoms with van der Waals surface area (Å²) in [6.45, 7) is 3.33. The molecule has 11 heteroatoms. The number of anilines is 1. The maximum absolute atomic E-state index is 13.2. The van der Waals surface area contributed by atoms with Gasteiger partial charge in [0.15, 0.2) is 0 Å². The van der Waals surface area contributed by atoms with Crippen LogP contribution in [0.15, 0.2) is 53.4 Å². The van der Waals surface area contributed by atoms with Crippen molar-refractivity contribution in [2.45, 2.75) is 17.9 Å². The standard InChI is InChI=1S/C24H31N3O7S/c1-18(28)34-23(19-7-5-4-6-8-19)24(29)27-14-12-26(13-15-27)21-17-20(9-10-22(21)33-3)35(30,31)25-11-16-32-2/h4-10,17,23,25H,11-16H2,1-3H3/t23-/m1/s1. The Morgan fingerprint density at radius 2 is 1.71 bits per heavy atom. The second-order valence-electron chi connectivity index (χ2n) is 7.94. The number of benzene rings is 2. The highest BCUT2D eigenvalue weighted by Crippen LogP contribution is 2.32. The third kappa shape index (κ3) is 6.71. The van der Waals surface area contributed by atoms with Crippen LogP contribution in [0.1, 0.15) is 18.6 Å². The summed E-state index contributed by atoms with van der Waals surface area (Å²) >= 11 is 0. The first-order valence-electron chi connectivity index (χ1n) is 11.2. The van der Waals surface area contributed by atoms with Crippen molar-refractivity contribution in [3.8, 4) is 5.75 Å². The van der Waals surface area contributed by atoms with Crippen molar-refractivity contribution in [1.29, 1.82) is 0 Å². The molecule has 1 amide bonds. The van der Waals surface area contributed by atoms with Crippen LogP contribution in [0.5, 0.6) is 5.75 Å². The number of hydrogen-bond donors (Lipinski definition) is 1. The summed E-state index contributed by atoms with van der Waals surface area (Å²) in [5, 5.41) is 0. The van der Waals surface area contributed by atoms with E-state index in [0.717, 1.165) is 0 Å². The molecule has 1 fully saturated rings. The zero-order valence-corrected chi connectivity index (χ0v) is 20.9. The number of amides is 1. The molecule has 1 aliphatic rings. The molecule has 10 nitrogen and oxygen atoms in total. The number of nitrogens with zero attached hydrogens (tertiary/aromatic N) is 2. The van der Waals surface area contributed by atoms with E-state index in [2.05, 4.69) is 4.72 Å². The molecule has 3 rings (SSSR count). The molecule has 1 aliphatic heterocycles. The van der Waals surface area contributed by atoms with Gasteiger partial charge in [-0.05, 0) is 18.2 Å². The minimum absolute atomic E-state index is 0.113. The summed E-state index contributed by atoms with van der Waals surface area (Å²) < 4.78 is 43.5. The molecule has 1 heterocycles. The van der Waals surface area contributed by atoms with Crippen LogP contribution < -0.4 is 14.4 Å². The van der Waals surface area contributed by atoms with Crippen LogP contribution in [0.25, 0.3) is 0 Å². The van der Waals surface area contributed by atoms with Gasteiger partial charge in [-0.15, -0.1) is 0 Å². The summed E-state index contributed by atoms with van der Waals surface area (Å²) in [5.41, 5.74) is 1.23. The molecule has 0 unspecified atom stereocenters. The number of methoxy groups -OCH3 is 2. The Morgan fingerprint density at radius 3 is 2.31 bits per heavy atom. The zero-order chi connectivity index (χ0) is 25.4. The smallest absolute Gasteiger partial charge is 0.303 e. The van der Waals surface area contributed by atoms with E-state index in [4.69, 9.17) is 14.2 Å². The van der Waals surface area contributed by atoms with Gasteiger partial charge < -0.3 is 24.0 Å². The molecule has 1 saturated heterocycles. The normalized spacial score (nSPS) is 14.9. The lowest BCUT2D eigenvalue weighted by Crippen LogP contribution is -2.50. The average molecular weight is 506 g/mol. The van der Waals surface area contributed by atoms with Crippen molar-refractivity contribution < 1.29 is 32.2 Å². The number of hydrogen-bond acceptors (Lipinski definition) is 8. The average Bonchev–Trinajstić information content (AvgIpc) is 2.87. The first kappa shape index (κ1) is 26.5. The molecular formula is C24H31N3O7S. The van der Waals surface area contributed by atoms with Crippen LogP contribution in [0.3, 0.4) is 0 Å². The molecule has 0 radical (unpaired) electrons. The third-order valence-corrected chi connectivity index (χ3v) is 7.06. The lowest BCUT2D eigenvalue weighted by molar-refractivity contribution is -0.159. The van der Waals surface area contributed by atoms with Gasteiger partial charge in [0.25, 0.3) is 5.91 Å². The van der Waals surface area contributed by atoms with Gasteiger partial charge in [-0.25, -0.2) is 13.1 Å². The predicted molar refractivity (Wildman–Crippen MR) is 130 cm³/mol. The number of carbonyl (C=O) groups excluding carboxylic acids is 2. The van der Waals surface area contributed by atoms with Crippen molar-refractivity contribution in [2.24, 2.45) is 0 Å². The van der Waals surface area contributed by atoms with Gasteiger partial charge >= 0.3 is 5.97 Å². The number of sulfonamides is 1. The minimum atomic E-state index is -3.72. The maximum atomic E-state index is 13.2. The lowest BCUT2D eigenvalue weighted by Gasteiger charge is -2.38. The van der Waals surface area contributed by atoms with E-state index in [9.17, 15) is 18.0 Å². The van der Waals surface area contributed by atoms with Crippen molar-refractivity contribution in [3.05, 3.63) is 54.1 Å². The summed E-state index contributed by atoms with van der Waals surface area (Å²) in [4.78, 5) is 28.6. The molecule has 190 valence electrons. The largest absolute Gasteiger partial charge is 0.495 e. The molecule has 1 atom stereocenters. The van der Waals surface area contributed by atoms with Gasteiger partial charge in [-0.3, -0.25) is 9.59 Å². The Labute approximate surface area is 205 Å². The van der Waals surface area contributed by atoms with E-state index >= 15 is 0 Å². The second kappa shape index (κ2) is 12.0. The van der Waals surface area contributed by atoms with Gasteiger partial charge in [-0.1, -0.05) is 30.3 Å². The summed E-state index contributed by atoms with van der Waals surface area (Å²) in [5.74, 6) is -0.299. The zero-order valence-electron chi connectivity index (χ0n) is 20.1. The molecule has 2 aromatic rings. The topological polar surface area (TPSA) is 114 Å². The molecule has 0 spiro atoms. The Hall–Kier alpha value is -3.15. The van der Waals surface area contributed by atoms with E-state index in [1.165, 1.54) is 27.2 Å². The molecule has 1 N–H and O–H groups in total. The Morgan fingerprint density at radius 1 is 1.03 bits per heavy atom. The fourth-order valence-corrected chi connectivity index (χ4v) is 4.87. The lowest BCUT2D eigenvalue weighted by atomic mass is 10.1. The van der Waals surface area contributed by atoms with Gasteiger partial charge in [-0.2, -0.15) is 0 Å². The SMILES string of the molecule is COCCNS(=O)(=O)c1ccc(OC)c(N2CCN(C(=O)[C@H](OC(C)=O)c3ccccc3)CC2)c1. The highest BCUT2D eigenvalue weighted by molar-refractivity contribution is 7.89. The molecule has 0 aliphatic carbocycles. The van der Waals surface area contributed by atoms with Gasteiger partial charge in [0.05, 0.1) is 24.3 Å². The molecule has 2 aromatic carbocycles. The molecule has 0 aromatic heterocycles. The molecular weight excluding hydrogens is 474 g/mol. The van der Waals surface area contributed by atoms with Crippen molar-refractivity contribution >= 4 is 27.6 Å². The number of ether oxygens (including phenoxy) is 3. The van der Waals surface area contributed by atoms with Crippen molar-refractivity contribution in [2.75, 3.05) is 58.5 Å². The minimum Gasteiger partial charge on any atom is -0.495 e. The summed E-state index contributed by atoms with van der Waals surface area (Å²) in [6.07, 6.45) is -1.01. The van der Waals surface area contributed by atoms with Crippen LogP contribution in [0.2, 0.25) is 0 Å². The van der Waals surface area contributed by atoms with Crippen LogP contribution in [-0.4, -0.2) is 78.7 Å². The van der Waals surface area contributed by atoms with Gasteiger partial charge in [0, 0.05) is 52.3 Å². The van der Waals surface area contributed by atoms with Crippen molar-refractivity contribution in [3.63, 3.8) is 0 Å². The van der Waals surface area contributed by atoms with E-state index in [1.54, 1.807) is 41.3 Å². The number of piperazine rings is 1. The van der Waals surface area contributed by atoms with E-state index < -0.39 is 22.1 Å². The Bertz CT molecular complexity index is 1120. The van der Waals surface area contributed by atoms with Crippen LogP contribution in [0, 0.1) is 0 Å². The fraction of sp³-hybridized carbons (Fsp3) is 0.417. The van der Waals surface area contributed by atoms with E-state index in [1.807, 2.05) is 11.0 Å². The van der Waals surface area contributed by atoms with Crippen molar-refractivity contribution in [1.82, 2.24) is 9.62 Å². The van der Waals surface area contributed by atoms with Gasteiger partial charge in [0.1, 0.15) is 5.75 Å². The molecule has 0 bridgehead atoms. The second-order valence-corrected chi connectivity index (χ2v) is 9.70. The highest BCUT2D eigenvalue weighted by Gasteiger charge is 2.31. The Balaban J connectivity index is 1.75.